The molecule has 0 aromatic heterocycles. The molecular weight excluding hydrogens is 248 g/mol. The molecular formula is C15H19ClO2. The van der Waals surface area contributed by atoms with Gasteiger partial charge in [0.05, 0.1) is 13.2 Å². The number of Topliss-reactive ketones (excluding diaryl/α,β-unsaturated/α-hetero) is 1. The van der Waals surface area contributed by atoms with Crippen LogP contribution in [0, 0.1) is 0 Å². The molecule has 1 heterocycles. The summed E-state index contributed by atoms with van der Waals surface area (Å²) < 4.78 is 5.49. The van der Waals surface area contributed by atoms with E-state index in [1.165, 1.54) is 22.3 Å². The zero-order valence-corrected chi connectivity index (χ0v) is 11.6. The zero-order valence-electron chi connectivity index (χ0n) is 10.8. The SMILES string of the molecule is CC(=O)Cc1c(CCCCCl)ccc2c1COC2. The van der Waals surface area contributed by atoms with Gasteiger partial charge in [0.2, 0.25) is 0 Å². The lowest BCUT2D eigenvalue weighted by Gasteiger charge is -2.12. The van der Waals surface area contributed by atoms with E-state index in [0.29, 0.717) is 25.5 Å². The second-order valence-electron chi connectivity index (χ2n) is 4.86. The van der Waals surface area contributed by atoms with Gasteiger partial charge in [-0.25, -0.2) is 0 Å². The molecule has 98 valence electrons. The summed E-state index contributed by atoms with van der Waals surface area (Å²) in [7, 11) is 0. The van der Waals surface area contributed by atoms with Crippen molar-refractivity contribution in [1.29, 1.82) is 0 Å². The van der Waals surface area contributed by atoms with Crippen molar-refractivity contribution in [2.24, 2.45) is 0 Å². The number of fused-ring (bicyclic) bond motifs is 1. The standard InChI is InChI=1S/C15H19ClO2/c1-11(17)8-14-12(4-2-3-7-16)5-6-13-9-18-10-15(13)14/h5-6H,2-4,7-10H2,1H3. The molecule has 2 rings (SSSR count). The van der Waals surface area contributed by atoms with E-state index in [2.05, 4.69) is 12.1 Å². The average Bonchev–Trinajstić information content (AvgIpc) is 2.80. The van der Waals surface area contributed by atoms with Gasteiger partial charge in [0.25, 0.3) is 0 Å². The predicted molar refractivity (Wildman–Crippen MR) is 73.0 cm³/mol. The minimum Gasteiger partial charge on any atom is -0.372 e. The number of ether oxygens (including phenoxy) is 1. The van der Waals surface area contributed by atoms with Gasteiger partial charge in [-0.2, -0.15) is 0 Å². The van der Waals surface area contributed by atoms with Crippen LogP contribution in [-0.4, -0.2) is 11.7 Å². The van der Waals surface area contributed by atoms with Crippen LogP contribution in [0.15, 0.2) is 12.1 Å². The van der Waals surface area contributed by atoms with Crippen molar-refractivity contribution in [1.82, 2.24) is 0 Å². The minimum absolute atomic E-state index is 0.217. The van der Waals surface area contributed by atoms with Crippen molar-refractivity contribution >= 4 is 17.4 Å². The van der Waals surface area contributed by atoms with Gasteiger partial charge >= 0.3 is 0 Å². The number of benzene rings is 1. The van der Waals surface area contributed by atoms with Crippen molar-refractivity contribution in [3.8, 4) is 0 Å². The summed E-state index contributed by atoms with van der Waals surface area (Å²) in [5.41, 5.74) is 4.98. The number of aryl methyl sites for hydroxylation is 1. The van der Waals surface area contributed by atoms with Crippen LogP contribution in [0.2, 0.25) is 0 Å². The molecule has 1 aromatic rings. The first-order chi connectivity index (χ1) is 8.72. The van der Waals surface area contributed by atoms with E-state index in [0.717, 1.165) is 19.3 Å². The lowest BCUT2D eigenvalue weighted by molar-refractivity contribution is -0.116. The van der Waals surface area contributed by atoms with E-state index in [1.54, 1.807) is 6.92 Å². The third-order valence-corrected chi connectivity index (χ3v) is 3.65. The Bertz CT molecular complexity index is 440. The first kappa shape index (κ1) is 13.6. The van der Waals surface area contributed by atoms with E-state index in [9.17, 15) is 4.79 Å². The van der Waals surface area contributed by atoms with Gasteiger partial charge in [-0.1, -0.05) is 12.1 Å². The van der Waals surface area contributed by atoms with Crippen molar-refractivity contribution in [2.75, 3.05) is 5.88 Å². The Hall–Kier alpha value is -0.860. The normalized spacial score (nSPS) is 13.7. The molecule has 0 bridgehead atoms. The molecule has 18 heavy (non-hydrogen) atoms. The second kappa shape index (κ2) is 6.35. The van der Waals surface area contributed by atoms with Gasteiger partial charge in [0, 0.05) is 12.3 Å². The third-order valence-electron chi connectivity index (χ3n) is 3.38. The summed E-state index contributed by atoms with van der Waals surface area (Å²) in [4.78, 5) is 11.4. The van der Waals surface area contributed by atoms with Crippen LogP contribution >= 0.6 is 11.6 Å². The lowest BCUT2D eigenvalue weighted by atomic mass is 9.91. The number of carbonyl (C=O) groups excluding carboxylic acids is 1. The van der Waals surface area contributed by atoms with Crippen molar-refractivity contribution in [3.05, 3.63) is 34.4 Å². The highest BCUT2D eigenvalue weighted by molar-refractivity contribution is 6.17. The average molecular weight is 267 g/mol. The molecule has 3 heteroatoms. The molecule has 1 aliphatic rings. The van der Waals surface area contributed by atoms with Crippen LogP contribution in [0.5, 0.6) is 0 Å². The molecule has 0 fully saturated rings. The van der Waals surface area contributed by atoms with E-state index < -0.39 is 0 Å². The molecule has 1 aromatic carbocycles. The van der Waals surface area contributed by atoms with E-state index >= 15 is 0 Å². The topological polar surface area (TPSA) is 26.3 Å². The Labute approximate surface area is 113 Å². The Morgan fingerprint density at radius 2 is 2.17 bits per heavy atom. The fourth-order valence-corrected chi connectivity index (χ4v) is 2.67. The number of rotatable bonds is 6. The highest BCUT2D eigenvalue weighted by Crippen LogP contribution is 2.28. The van der Waals surface area contributed by atoms with Crippen molar-refractivity contribution in [3.63, 3.8) is 0 Å². The summed E-state index contributed by atoms with van der Waals surface area (Å²) in [6.45, 7) is 2.99. The molecule has 0 radical (unpaired) electrons. The van der Waals surface area contributed by atoms with Crippen LogP contribution in [0.4, 0.5) is 0 Å². The van der Waals surface area contributed by atoms with Crippen LogP contribution in [0.1, 0.15) is 42.0 Å². The van der Waals surface area contributed by atoms with E-state index in [4.69, 9.17) is 16.3 Å². The highest BCUT2D eigenvalue weighted by atomic mass is 35.5. The zero-order chi connectivity index (χ0) is 13.0. The van der Waals surface area contributed by atoms with Crippen molar-refractivity contribution in [2.45, 2.75) is 45.8 Å². The first-order valence-electron chi connectivity index (χ1n) is 6.48. The number of alkyl halides is 1. The number of hydrogen-bond donors (Lipinski definition) is 0. The van der Waals surface area contributed by atoms with Crippen LogP contribution < -0.4 is 0 Å². The maximum atomic E-state index is 11.4. The molecule has 2 nitrogen and oxygen atoms in total. The lowest BCUT2D eigenvalue weighted by Crippen LogP contribution is -2.06. The monoisotopic (exact) mass is 266 g/mol. The Morgan fingerprint density at radius 1 is 1.33 bits per heavy atom. The molecule has 0 spiro atoms. The molecule has 0 saturated heterocycles. The van der Waals surface area contributed by atoms with Crippen LogP contribution in [0.25, 0.3) is 0 Å². The summed E-state index contributed by atoms with van der Waals surface area (Å²) in [6.07, 6.45) is 3.63. The van der Waals surface area contributed by atoms with Crippen LogP contribution in [0.3, 0.4) is 0 Å². The number of hydrogen-bond acceptors (Lipinski definition) is 2. The maximum absolute atomic E-state index is 11.4. The summed E-state index contributed by atoms with van der Waals surface area (Å²) in [5.74, 6) is 0.921. The Morgan fingerprint density at radius 3 is 2.89 bits per heavy atom. The fraction of sp³-hybridized carbons (Fsp3) is 0.533. The Balaban J connectivity index is 2.24. The summed E-state index contributed by atoms with van der Waals surface area (Å²) >= 11 is 5.71. The molecule has 0 saturated carbocycles. The largest absolute Gasteiger partial charge is 0.372 e. The van der Waals surface area contributed by atoms with Gasteiger partial charge in [-0.15, -0.1) is 11.6 Å². The molecule has 0 atom stereocenters. The maximum Gasteiger partial charge on any atom is 0.134 e. The second-order valence-corrected chi connectivity index (χ2v) is 5.24. The number of carbonyl (C=O) groups is 1. The van der Waals surface area contributed by atoms with Gasteiger partial charge in [-0.05, 0) is 48.4 Å². The van der Waals surface area contributed by atoms with Gasteiger partial charge in [0.15, 0.2) is 0 Å². The first-order valence-corrected chi connectivity index (χ1v) is 7.01. The van der Waals surface area contributed by atoms with Gasteiger partial charge in [0.1, 0.15) is 5.78 Å². The molecule has 0 aliphatic carbocycles. The highest BCUT2D eigenvalue weighted by Gasteiger charge is 2.18. The Kier molecular flexibility index (Phi) is 4.79. The van der Waals surface area contributed by atoms with Crippen LogP contribution in [-0.2, 0) is 35.6 Å². The summed E-state index contributed by atoms with van der Waals surface area (Å²) in [6, 6.07) is 4.29. The minimum atomic E-state index is 0.217. The third kappa shape index (κ3) is 3.12. The predicted octanol–water partition coefficient (Wildman–Crippen LogP) is 3.41. The fourth-order valence-electron chi connectivity index (χ4n) is 2.48. The number of halogens is 1. The van der Waals surface area contributed by atoms with Crippen molar-refractivity contribution < 1.29 is 9.53 Å². The number of ketones is 1. The molecule has 0 amide bonds. The molecule has 1 aliphatic heterocycles. The van der Waals surface area contributed by atoms with Gasteiger partial charge < -0.3 is 4.74 Å². The molecule has 0 unspecified atom stereocenters. The number of unbranched alkanes of at least 4 members (excludes halogenated alkanes) is 1. The molecule has 0 N–H and O–H groups in total. The smallest absolute Gasteiger partial charge is 0.134 e. The van der Waals surface area contributed by atoms with E-state index in [-0.39, 0.29) is 5.78 Å². The quantitative estimate of drug-likeness (QED) is 0.583. The summed E-state index contributed by atoms with van der Waals surface area (Å²) in [5, 5.41) is 0. The van der Waals surface area contributed by atoms with Gasteiger partial charge in [-0.3, -0.25) is 4.79 Å². The van der Waals surface area contributed by atoms with E-state index in [1.807, 2.05) is 0 Å².